The predicted octanol–water partition coefficient (Wildman–Crippen LogP) is 0.733. The van der Waals surface area contributed by atoms with Gasteiger partial charge in [0.2, 0.25) is 0 Å². The van der Waals surface area contributed by atoms with Crippen LogP contribution in [-0.2, 0) is 0 Å². The summed E-state index contributed by atoms with van der Waals surface area (Å²) in [5, 5.41) is 0. The van der Waals surface area contributed by atoms with E-state index in [1.54, 1.807) is 12.1 Å². The third-order valence-electron chi connectivity index (χ3n) is 2.49. The third-order valence-corrected chi connectivity index (χ3v) is 2.49. The molecular weight excluding hydrogens is 206 g/mol. The van der Waals surface area contributed by atoms with Crippen LogP contribution in [0.3, 0.4) is 0 Å². The van der Waals surface area contributed by atoms with Crippen molar-refractivity contribution in [3.63, 3.8) is 0 Å². The Kier molecular flexibility index (Phi) is 3.26. The van der Waals surface area contributed by atoms with Crippen LogP contribution >= 0.6 is 0 Å². The number of hydrogen-bond donors (Lipinski definition) is 2. The second kappa shape index (κ2) is 4.85. The Morgan fingerprint density at radius 2 is 2.44 bits per heavy atom. The van der Waals surface area contributed by atoms with Crippen LogP contribution in [0.4, 0.5) is 0 Å². The number of likely N-dealkylation sites (N-methyl/N-ethyl adjacent to an activating group) is 1. The number of hydrazine groups is 1. The van der Waals surface area contributed by atoms with Gasteiger partial charge < -0.3 is 14.7 Å². The zero-order chi connectivity index (χ0) is 11.4. The summed E-state index contributed by atoms with van der Waals surface area (Å²) in [4.78, 5) is 13.7. The van der Waals surface area contributed by atoms with Crippen LogP contribution in [0.1, 0.15) is 17.0 Å². The number of carbonyl (C=O) groups excluding carboxylic acids is 1. The van der Waals surface area contributed by atoms with Crippen LogP contribution in [0.25, 0.3) is 0 Å². The predicted molar refractivity (Wildman–Crippen MR) is 59.5 cm³/mol. The maximum absolute atomic E-state index is 11.5. The molecule has 2 N–H and O–H groups in total. The molecule has 0 saturated carbocycles. The molecule has 1 aliphatic rings. The summed E-state index contributed by atoms with van der Waals surface area (Å²) in [6.45, 7) is 1.90. The van der Waals surface area contributed by atoms with Gasteiger partial charge >= 0.3 is 5.91 Å². The molecule has 0 aliphatic carbocycles. The van der Waals surface area contributed by atoms with Crippen molar-refractivity contribution in [2.24, 2.45) is 0 Å². The van der Waals surface area contributed by atoms with Crippen molar-refractivity contribution in [3.05, 3.63) is 35.9 Å². The summed E-state index contributed by atoms with van der Waals surface area (Å²) in [6, 6.07) is 3.31. The lowest BCUT2D eigenvalue weighted by Gasteiger charge is -2.22. The summed E-state index contributed by atoms with van der Waals surface area (Å²) >= 11 is 0. The molecule has 0 aromatic carbocycles. The maximum Gasteiger partial charge on any atom is 0.305 e. The molecule has 0 bridgehead atoms. The summed E-state index contributed by atoms with van der Waals surface area (Å²) < 4.78 is 4.97. The molecule has 2 rings (SSSR count). The number of nitrogens with one attached hydrogen (secondary N) is 2. The molecular formula is C11H15N3O2. The van der Waals surface area contributed by atoms with Crippen LogP contribution in [0.2, 0.25) is 0 Å². The minimum Gasteiger partial charge on any atom is -0.459 e. The average molecular weight is 221 g/mol. The molecule has 0 spiro atoms. The Balaban J connectivity index is 1.82. The van der Waals surface area contributed by atoms with Gasteiger partial charge in [-0.1, -0.05) is 0 Å². The van der Waals surface area contributed by atoms with Gasteiger partial charge in [0.1, 0.15) is 0 Å². The maximum atomic E-state index is 11.5. The van der Waals surface area contributed by atoms with Gasteiger partial charge in [-0.25, -0.2) is 0 Å². The average Bonchev–Trinajstić information content (AvgIpc) is 2.81. The Morgan fingerprint density at radius 3 is 3.06 bits per heavy atom. The summed E-state index contributed by atoms with van der Waals surface area (Å²) in [5.74, 6) is 0.0471. The van der Waals surface area contributed by atoms with Crippen molar-refractivity contribution in [1.29, 1.82) is 0 Å². The first-order chi connectivity index (χ1) is 7.75. The lowest BCUT2D eigenvalue weighted by atomic mass is 10.2. The molecule has 1 aromatic rings. The first-order valence-corrected chi connectivity index (χ1v) is 5.23. The number of amides is 1. The molecule has 16 heavy (non-hydrogen) atoms. The molecule has 0 unspecified atom stereocenters. The third kappa shape index (κ3) is 2.64. The first kappa shape index (κ1) is 10.8. The largest absolute Gasteiger partial charge is 0.459 e. The first-order valence-electron chi connectivity index (χ1n) is 5.23. The highest BCUT2D eigenvalue weighted by atomic mass is 16.3. The lowest BCUT2D eigenvalue weighted by Crippen LogP contribution is -2.39. The van der Waals surface area contributed by atoms with Crippen molar-refractivity contribution in [2.45, 2.75) is 6.42 Å². The fourth-order valence-electron chi connectivity index (χ4n) is 1.49. The van der Waals surface area contributed by atoms with Gasteiger partial charge in [-0.2, -0.15) is 0 Å². The van der Waals surface area contributed by atoms with E-state index in [-0.39, 0.29) is 5.91 Å². The second-order valence-electron chi connectivity index (χ2n) is 3.80. The van der Waals surface area contributed by atoms with Gasteiger partial charge in [0.05, 0.1) is 6.26 Å². The number of nitrogens with zero attached hydrogens (tertiary/aromatic N) is 1. The van der Waals surface area contributed by atoms with Crippen LogP contribution in [0, 0.1) is 0 Å². The van der Waals surface area contributed by atoms with Crippen LogP contribution in [0.15, 0.2) is 34.6 Å². The quantitative estimate of drug-likeness (QED) is 0.739. The summed E-state index contributed by atoms with van der Waals surface area (Å²) in [6.07, 6.45) is 4.45. The molecule has 5 nitrogen and oxygen atoms in total. The highest BCUT2D eigenvalue weighted by Gasteiger charge is 2.10. The fraction of sp³-hybridized carbons (Fsp3) is 0.364. The topological polar surface area (TPSA) is 57.5 Å². The Labute approximate surface area is 94.1 Å². The standard InChI is InChI=1S/C11H15N3O2/c1-14-6-4-9(5-7-14)12-13-11(15)10-3-2-8-16-10/h2-4,8,12H,5-7H2,1H3,(H,13,15). The van der Waals surface area contributed by atoms with E-state index in [0.717, 1.165) is 25.2 Å². The second-order valence-corrected chi connectivity index (χ2v) is 3.80. The van der Waals surface area contributed by atoms with Crippen LogP contribution < -0.4 is 10.9 Å². The Bertz CT molecular complexity index is 384. The van der Waals surface area contributed by atoms with Gasteiger partial charge in [0.25, 0.3) is 0 Å². The number of carbonyl (C=O) groups is 1. The highest BCUT2D eigenvalue weighted by Crippen LogP contribution is 2.05. The molecule has 0 atom stereocenters. The molecule has 1 aliphatic heterocycles. The van der Waals surface area contributed by atoms with Crippen molar-refractivity contribution in [2.75, 3.05) is 20.1 Å². The number of furan rings is 1. The smallest absolute Gasteiger partial charge is 0.305 e. The Hall–Kier alpha value is -1.75. The number of rotatable bonds is 3. The highest BCUT2D eigenvalue weighted by molar-refractivity contribution is 5.91. The summed E-state index contributed by atoms with van der Waals surface area (Å²) in [7, 11) is 2.06. The zero-order valence-electron chi connectivity index (χ0n) is 9.19. The monoisotopic (exact) mass is 221 g/mol. The van der Waals surface area contributed by atoms with E-state index in [4.69, 9.17) is 4.42 Å². The minimum absolute atomic E-state index is 0.259. The molecule has 2 heterocycles. The fourth-order valence-corrected chi connectivity index (χ4v) is 1.49. The van der Waals surface area contributed by atoms with E-state index in [1.807, 2.05) is 0 Å². The molecule has 0 radical (unpaired) electrons. The van der Waals surface area contributed by atoms with Gasteiger partial charge in [0, 0.05) is 25.2 Å². The lowest BCUT2D eigenvalue weighted by molar-refractivity contribution is 0.0909. The summed E-state index contributed by atoms with van der Waals surface area (Å²) in [5.41, 5.74) is 6.55. The van der Waals surface area contributed by atoms with E-state index in [1.165, 1.54) is 6.26 Å². The van der Waals surface area contributed by atoms with Crippen molar-refractivity contribution in [3.8, 4) is 0 Å². The molecule has 5 heteroatoms. The molecule has 0 saturated heterocycles. The van der Waals surface area contributed by atoms with Crippen molar-refractivity contribution in [1.82, 2.24) is 15.8 Å². The van der Waals surface area contributed by atoms with Crippen molar-refractivity contribution < 1.29 is 9.21 Å². The van der Waals surface area contributed by atoms with E-state index in [2.05, 4.69) is 28.9 Å². The Morgan fingerprint density at radius 1 is 1.56 bits per heavy atom. The van der Waals surface area contributed by atoms with E-state index < -0.39 is 0 Å². The molecule has 1 amide bonds. The normalized spacial score (nSPS) is 16.7. The van der Waals surface area contributed by atoms with Gasteiger partial charge in [-0.05, 0) is 25.3 Å². The van der Waals surface area contributed by atoms with E-state index in [9.17, 15) is 4.79 Å². The molecule has 0 fully saturated rings. The zero-order valence-corrected chi connectivity index (χ0v) is 9.19. The van der Waals surface area contributed by atoms with Crippen LogP contribution in [-0.4, -0.2) is 30.9 Å². The van der Waals surface area contributed by atoms with Gasteiger partial charge in [-0.15, -0.1) is 0 Å². The number of hydrogen-bond acceptors (Lipinski definition) is 4. The van der Waals surface area contributed by atoms with Crippen molar-refractivity contribution >= 4 is 5.91 Å². The van der Waals surface area contributed by atoms with Gasteiger partial charge in [-0.3, -0.25) is 10.2 Å². The van der Waals surface area contributed by atoms with E-state index >= 15 is 0 Å². The van der Waals surface area contributed by atoms with Crippen LogP contribution in [0.5, 0.6) is 0 Å². The minimum atomic E-state index is -0.259. The molecule has 86 valence electrons. The van der Waals surface area contributed by atoms with Gasteiger partial charge in [0.15, 0.2) is 5.76 Å². The SMILES string of the molecule is CN1CC=C(NNC(=O)c2ccco2)CC1. The van der Waals surface area contributed by atoms with E-state index in [0.29, 0.717) is 5.76 Å². The molecule has 1 aromatic heterocycles.